The van der Waals surface area contributed by atoms with Crippen molar-refractivity contribution in [3.63, 3.8) is 0 Å². The van der Waals surface area contributed by atoms with Crippen LogP contribution in [0.15, 0.2) is 6.20 Å². The zero-order chi connectivity index (χ0) is 14.6. The van der Waals surface area contributed by atoms with Crippen LogP contribution in [0.4, 0.5) is 13.2 Å². The second-order valence-electron chi connectivity index (χ2n) is 3.54. The lowest BCUT2D eigenvalue weighted by Gasteiger charge is -2.15. The lowest BCUT2D eigenvalue weighted by atomic mass is 10.2. The van der Waals surface area contributed by atoms with Crippen LogP contribution in [0.25, 0.3) is 0 Å². The minimum Gasteiger partial charge on any atom is -0.466 e. The topological polar surface area (TPSA) is 48.4 Å². The second-order valence-corrected chi connectivity index (χ2v) is 4.62. The molecule has 0 atom stereocenters. The van der Waals surface area contributed by atoms with Crippen LogP contribution in [0.5, 0.6) is 5.75 Å². The van der Waals surface area contributed by atoms with E-state index >= 15 is 0 Å². The zero-order valence-electron chi connectivity index (χ0n) is 10.2. The summed E-state index contributed by atoms with van der Waals surface area (Å²) in [5.74, 6) is -1.02. The summed E-state index contributed by atoms with van der Waals surface area (Å²) in [5.41, 5.74) is 0.443. The number of alkyl halides is 3. The molecule has 0 spiro atoms. The minimum absolute atomic E-state index is 0.0470. The highest BCUT2D eigenvalue weighted by atomic mass is 127. The van der Waals surface area contributed by atoms with Crippen molar-refractivity contribution in [2.45, 2.75) is 26.6 Å². The third-order valence-corrected chi connectivity index (χ3v) is 3.35. The molecule has 0 aliphatic rings. The van der Waals surface area contributed by atoms with E-state index in [4.69, 9.17) is 4.74 Å². The summed E-state index contributed by atoms with van der Waals surface area (Å²) in [5, 5.41) is 0. The maximum atomic E-state index is 12.4. The van der Waals surface area contributed by atoms with E-state index in [9.17, 15) is 18.0 Å². The molecule has 0 saturated carbocycles. The normalized spacial score (nSPS) is 11.3. The molecule has 1 rings (SSSR count). The molecular weight excluding hydrogens is 378 g/mol. The molecule has 0 saturated heterocycles. The summed E-state index contributed by atoms with van der Waals surface area (Å²) in [6.45, 7) is 3.33. The SMILES string of the molecule is CCOC(=O)Cc1cnc(C)c(I)c1OC(F)(F)F. The van der Waals surface area contributed by atoms with E-state index < -0.39 is 18.1 Å². The Bertz CT molecular complexity index is 477. The number of carbonyl (C=O) groups excluding carboxylic acids is 1. The van der Waals surface area contributed by atoms with Crippen LogP contribution >= 0.6 is 22.6 Å². The monoisotopic (exact) mass is 389 g/mol. The number of aromatic nitrogens is 1. The molecule has 0 aliphatic heterocycles. The first kappa shape index (κ1) is 16.0. The summed E-state index contributed by atoms with van der Waals surface area (Å²) < 4.78 is 46.0. The van der Waals surface area contributed by atoms with Gasteiger partial charge >= 0.3 is 12.3 Å². The predicted molar refractivity (Wildman–Crippen MR) is 68.7 cm³/mol. The van der Waals surface area contributed by atoms with Crippen molar-refractivity contribution in [2.75, 3.05) is 6.61 Å². The number of halogens is 4. The summed E-state index contributed by atoms with van der Waals surface area (Å²) in [7, 11) is 0. The van der Waals surface area contributed by atoms with Gasteiger partial charge in [-0.25, -0.2) is 0 Å². The number of rotatable bonds is 4. The maximum absolute atomic E-state index is 12.4. The molecule has 0 amide bonds. The number of nitrogens with zero attached hydrogens (tertiary/aromatic N) is 1. The summed E-state index contributed by atoms with van der Waals surface area (Å²) in [6.07, 6.45) is -3.95. The summed E-state index contributed by atoms with van der Waals surface area (Å²) in [6, 6.07) is 0. The number of pyridine rings is 1. The molecular formula is C11H11F3INO3. The third kappa shape index (κ3) is 4.84. The van der Waals surface area contributed by atoms with Crippen molar-refractivity contribution in [1.29, 1.82) is 0 Å². The number of ether oxygens (including phenoxy) is 2. The fourth-order valence-corrected chi connectivity index (χ4v) is 1.91. The standard InChI is InChI=1S/C11H11F3INO3/c1-3-18-8(17)4-7-5-16-6(2)9(15)10(7)19-11(12,13)14/h5H,3-4H2,1-2H3. The number of hydrogen-bond acceptors (Lipinski definition) is 4. The van der Waals surface area contributed by atoms with Crippen LogP contribution < -0.4 is 4.74 Å². The van der Waals surface area contributed by atoms with Gasteiger partial charge in [-0.1, -0.05) is 0 Å². The van der Waals surface area contributed by atoms with E-state index in [1.54, 1.807) is 36.4 Å². The zero-order valence-corrected chi connectivity index (χ0v) is 12.3. The highest BCUT2D eigenvalue weighted by molar-refractivity contribution is 14.1. The lowest BCUT2D eigenvalue weighted by molar-refractivity contribution is -0.275. The smallest absolute Gasteiger partial charge is 0.466 e. The van der Waals surface area contributed by atoms with Crippen molar-refractivity contribution >= 4 is 28.6 Å². The molecule has 106 valence electrons. The van der Waals surface area contributed by atoms with Crippen molar-refractivity contribution in [3.05, 3.63) is 21.0 Å². The largest absolute Gasteiger partial charge is 0.573 e. The molecule has 1 heterocycles. The van der Waals surface area contributed by atoms with Crippen molar-refractivity contribution < 1.29 is 27.4 Å². The van der Waals surface area contributed by atoms with E-state index in [1.165, 1.54) is 6.20 Å². The van der Waals surface area contributed by atoms with Gasteiger partial charge in [0.05, 0.1) is 22.3 Å². The van der Waals surface area contributed by atoms with Gasteiger partial charge in [0.25, 0.3) is 0 Å². The quantitative estimate of drug-likeness (QED) is 0.587. The number of aryl methyl sites for hydroxylation is 1. The first-order chi connectivity index (χ1) is 8.74. The van der Waals surface area contributed by atoms with Gasteiger partial charge in [-0.05, 0) is 36.4 Å². The summed E-state index contributed by atoms with van der Waals surface area (Å²) >= 11 is 1.70. The first-order valence-electron chi connectivity index (χ1n) is 5.30. The Hall–Kier alpha value is -1.06. The Kier molecular flexibility index (Phi) is 5.39. The molecule has 1 aromatic heterocycles. The summed E-state index contributed by atoms with van der Waals surface area (Å²) in [4.78, 5) is 15.3. The molecule has 0 aliphatic carbocycles. The van der Waals surface area contributed by atoms with E-state index in [1.807, 2.05) is 0 Å². The molecule has 0 aromatic carbocycles. The molecule has 4 nitrogen and oxygen atoms in total. The Morgan fingerprint density at radius 3 is 2.63 bits per heavy atom. The lowest BCUT2D eigenvalue weighted by Crippen LogP contribution is -2.20. The van der Waals surface area contributed by atoms with Crippen LogP contribution in [0.2, 0.25) is 0 Å². The van der Waals surface area contributed by atoms with Gasteiger partial charge < -0.3 is 9.47 Å². The highest BCUT2D eigenvalue weighted by Gasteiger charge is 2.34. The Balaban J connectivity index is 3.09. The van der Waals surface area contributed by atoms with Crippen LogP contribution in [-0.4, -0.2) is 23.9 Å². The molecule has 19 heavy (non-hydrogen) atoms. The van der Waals surface area contributed by atoms with Gasteiger partial charge in [0.2, 0.25) is 0 Å². The van der Waals surface area contributed by atoms with E-state index in [0.717, 1.165) is 0 Å². The molecule has 1 aromatic rings. The van der Waals surface area contributed by atoms with Crippen molar-refractivity contribution in [2.24, 2.45) is 0 Å². The van der Waals surface area contributed by atoms with Crippen LogP contribution in [0.3, 0.4) is 0 Å². The highest BCUT2D eigenvalue weighted by Crippen LogP contribution is 2.32. The average molecular weight is 389 g/mol. The second kappa shape index (κ2) is 6.40. The van der Waals surface area contributed by atoms with Gasteiger partial charge in [0.1, 0.15) is 5.75 Å². The van der Waals surface area contributed by atoms with Crippen LogP contribution in [0, 0.1) is 10.5 Å². The third-order valence-electron chi connectivity index (χ3n) is 2.08. The van der Waals surface area contributed by atoms with Crippen LogP contribution in [0.1, 0.15) is 18.2 Å². The van der Waals surface area contributed by atoms with Gasteiger partial charge in [0, 0.05) is 11.8 Å². The first-order valence-corrected chi connectivity index (χ1v) is 6.37. The van der Waals surface area contributed by atoms with E-state index in [0.29, 0.717) is 5.69 Å². The van der Waals surface area contributed by atoms with Crippen molar-refractivity contribution in [3.8, 4) is 5.75 Å². The maximum Gasteiger partial charge on any atom is 0.573 e. The van der Waals surface area contributed by atoms with E-state index in [2.05, 4.69) is 9.72 Å². The fourth-order valence-electron chi connectivity index (χ4n) is 1.31. The molecule has 0 bridgehead atoms. The Morgan fingerprint density at radius 2 is 2.11 bits per heavy atom. The van der Waals surface area contributed by atoms with Crippen LogP contribution in [-0.2, 0) is 16.0 Å². The number of hydrogen-bond donors (Lipinski definition) is 0. The predicted octanol–water partition coefficient (Wildman–Crippen LogP) is 3.00. The molecule has 0 fully saturated rings. The molecule has 8 heteroatoms. The Morgan fingerprint density at radius 1 is 1.47 bits per heavy atom. The number of esters is 1. The number of carbonyl (C=O) groups is 1. The minimum atomic E-state index is -4.82. The van der Waals surface area contributed by atoms with Gasteiger partial charge in [-0.2, -0.15) is 0 Å². The molecule has 0 radical (unpaired) electrons. The van der Waals surface area contributed by atoms with Crippen molar-refractivity contribution in [1.82, 2.24) is 4.98 Å². The molecule has 0 unspecified atom stereocenters. The molecule has 0 N–H and O–H groups in total. The van der Waals surface area contributed by atoms with Gasteiger partial charge in [-0.3, -0.25) is 9.78 Å². The Labute approximate surface area is 121 Å². The average Bonchev–Trinajstić information content (AvgIpc) is 2.27. The fraction of sp³-hybridized carbons (Fsp3) is 0.455. The van der Waals surface area contributed by atoms with Gasteiger partial charge in [0.15, 0.2) is 0 Å². The van der Waals surface area contributed by atoms with E-state index in [-0.39, 0.29) is 22.2 Å². The van der Waals surface area contributed by atoms with Gasteiger partial charge in [-0.15, -0.1) is 13.2 Å².